The van der Waals surface area contributed by atoms with Crippen molar-refractivity contribution in [1.29, 1.82) is 0 Å². The van der Waals surface area contributed by atoms with Gasteiger partial charge in [0.05, 0.1) is 5.69 Å². The molecule has 1 aromatic carbocycles. The molecule has 2 rings (SSSR count). The number of pyridine rings is 1. The molecule has 2 aromatic rings. The first-order chi connectivity index (χ1) is 10.0. The van der Waals surface area contributed by atoms with Crippen molar-refractivity contribution >= 4 is 21.7 Å². The van der Waals surface area contributed by atoms with E-state index in [4.69, 9.17) is 4.98 Å². The van der Waals surface area contributed by atoms with Crippen LogP contribution in [0.4, 0.5) is 5.82 Å². The van der Waals surface area contributed by atoms with Crippen LogP contribution in [0.25, 0.3) is 0 Å². The zero-order valence-corrected chi connectivity index (χ0v) is 14.4. The number of nitrogens with one attached hydrogen (secondary N) is 1. The molecule has 0 aliphatic carbocycles. The van der Waals surface area contributed by atoms with E-state index in [1.807, 2.05) is 0 Å². The smallest absolute Gasteiger partial charge is 0.128 e. The van der Waals surface area contributed by atoms with E-state index in [0.29, 0.717) is 6.04 Å². The van der Waals surface area contributed by atoms with E-state index >= 15 is 0 Å². The van der Waals surface area contributed by atoms with E-state index in [1.54, 1.807) is 0 Å². The van der Waals surface area contributed by atoms with E-state index in [0.717, 1.165) is 29.1 Å². The van der Waals surface area contributed by atoms with Crippen LogP contribution in [0.1, 0.15) is 25.1 Å². The number of anilines is 1. The topological polar surface area (TPSA) is 28.2 Å². The summed E-state index contributed by atoms with van der Waals surface area (Å²) in [6.07, 6.45) is 0. The quantitative estimate of drug-likeness (QED) is 0.856. The summed E-state index contributed by atoms with van der Waals surface area (Å²) >= 11 is 3.46. The molecule has 1 heterocycles. The van der Waals surface area contributed by atoms with Crippen molar-refractivity contribution < 1.29 is 0 Å². The van der Waals surface area contributed by atoms with Gasteiger partial charge < -0.3 is 10.2 Å². The van der Waals surface area contributed by atoms with Gasteiger partial charge in [0.25, 0.3) is 0 Å². The van der Waals surface area contributed by atoms with Gasteiger partial charge in [0.1, 0.15) is 5.82 Å². The van der Waals surface area contributed by atoms with Crippen LogP contribution in [0, 0.1) is 0 Å². The molecular weight excluding hydrogens is 326 g/mol. The van der Waals surface area contributed by atoms with Crippen LogP contribution in [-0.2, 0) is 13.1 Å². The lowest BCUT2D eigenvalue weighted by molar-refractivity contribution is 0.581. The number of rotatable bonds is 6. The van der Waals surface area contributed by atoms with Gasteiger partial charge >= 0.3 is 0 Å². The highest BCUT2D eigenvalue weighted by Gasteiger charge is 2.05. The molecule has 1 N–H and O–H groups in total. The Kier molecular flexibility index (Phi) is 5.76. The lowest BCUT2D eigenvalue weighted by Crippen LogP contribution is -2.23. The molecule has 21 heavy (non-hydrogen) atoms. The fraction of sp³-hybridized carbons (Fsp3) is 0.353. The van der Waals surface area contributed by atoms with Gasteiger partial charge in [0, 0.05) is 30.7 Å². The Labute approximate surface area is 135 Å². The minimum Gasteiger partial charge on any atom is -0.355 e. The van der Waals surface area contributed by atoms with Gasteiger partial charge in [-0.15, -0.1) is 0 Å². The fourth-order valence-corrected chi connectivity index (χ4v) is 2.30. The monoisotopic (exact) mass is 347 g/mol. The number of hydrogen-bond acceptors (Lipinski definition) is 3. The van der Waals surface area contributed by atoms with Crippen LogP contribution in [0.3, 0.4) is 0 Å². The molecular formula is C17H22BrN3. The highest BCUT2D eigenvalue weighted by atomic mass is 79.9. The van der Waals surface area contributed by atoms with Crippen LogP contribution in [0.5, 0.6) is 0 Å². The first kappa shape index (κ1) is 16.0. The standard InChI is InChI=1S/C17H22BrN3/c1-13(2)19-11-16-5-4-6-17(20-16)21(3)12-14-7-9-15(18)10-8-14/h4-10,13,19H,11-12H2,1-3H3. The maximum Gasteiger partial charge on any atom is 0.128 e. The predicted octanol–water partition coefficient (Wildman–Crippen LogP) is 3.98. The Balaban J connectivity index is 2.03. The molecule has 0 unspecified atom stereocenters. The predicted molar refractivity (Wildman–Crippen MR) is 92.5 cm³/mol. The first-order valence-electron chi connectivity index (χ1n) is 7.19. The number of hydrogen-bond donors (Lipinski definition) is 1. The second-order valence-corrected chi connectivity index (χ2v) is 6.42. The van der Waals surface area contributed by atoms with Crippen LogP contribution >= 0.6 is 15.9 Å². The minimum atomic E-state index is 0.468. The normalized spacial score (nSPS) is 10.9. The molecule has 0 radical (unpaired) electrons. The van der Waals surface area contributed by atoms with Crippen LogP contribution < -0.4 is 10.2 Å². The summed E-state index contributed by atoms with van der Waals surface area (Å²) in [6, 6.07) is 15.0. The fourth-order valence-electron chi connectivity index (χ4n) is 2.03. The molecule has 0 amide bonds. The van der Waals surface area contributed by atoms with Crippen molar-refractivity contribution in [2.75, 3.05) is 11.9 Å². The molecule has 4 heteroatoms. The van der Waals surface area contributed by atoms with Gasteiger partial charge in [-0.1, -0.05) is 48.0 Å². The maximum absolute atomic E-state index is 4.71. The maximum atomic E-state index is 4.71. The van der Waals surface area contributed by atoms with E-state index in [9.17, 15) is 0 Å². The summed E-state index contributed by atoms with van der Waals surface area (Å²) < 4.78 is 1.11. The molecule has 0 aliphatic heterocycles. The van der Waals surface area contributed by atoms with Crippen molar-refractivity contribution in [3.8, 4) is 0 Å². The minimum absolute atomic E-state index is 0.468. The van der Waals surface area contributed by atoms with Gasteiger partial charge in [0.15, 0.2) is 0 Å². The zero-order valence-electron chi connectivity index (χ0n) is 12.8. The lowest BCUT2D eigenvalue weighted by atomic mass is 10.2. The molecule has 1 aromatic heterocycles. The average Bonchev–Trinajstić information content (AvgIpc) is 2.48. The highest BCUT2D eigenvalue weighted by molar-refractivity contribution is 9.10. The van der Waals surface area contributed by atoms with Crippen LogP contribution in [0.15, 0.2) is 46.9 Å². The Morgan fingerprint density at radius 2 is 1.86 bits per heavy atom. The summed E-state index contributed by atoms with van der Waals surface area (Å²) in [7, 11) is 2.07. The van der Waals surface area contributed by atoms with Crippen molar-refractivity contribution in [1.82, 2.24) is 10.3 Å². The number of benzene rings is 1. The first-order valence-corrected chi connectivity index (χ1v) is 7.99. The molecule has 0 saturated carbocycles. The molecule has 0 saturated heterocycles. The Hall–Kier alpha value is -1.39. The third kappa shape index (κ3) is 5.14. The largest absolute Gasteiger partial charge is 0.355 e. The van der Waals surface area contributed by atoms with E-state index in [2.05, 4.69) is 89.5 Å². The lowest BCUT2D eigenvalue weighted by Gasteiger charge is -2.19. The summed E-state index contributed by atoms with van der Waals surface area (Å²) in [5.74, 6) is 1.00. The van der Waals surface area contributed by atoms with Crippen molar-refractivity contribution in [3.05, 3.63) is 58.2 Å². The van der Waals surface area contributed by atoms with E-state index in [1.165, 1.54) is 5.56 Å². The van der Waals surface area contributed by atoms with Crippen LogP contribution in [-0.4, -0.2) is 18.1 Å². The van der Waals surface area contributed by atoms with Crippen LogP contribution in [0.2, 0.25) is 0 Å². The van der Waals surface area contributed by atoms with E-state index in [-0.39, 0.29) is 0 Å². The summed E-state index contributed by atoms with van der Waals surface area (Å²) in [5.41, 5.74) is 2.34. The Morgan fingerprint density at radius 3 is 2.52 bits per heavy atom. The van der Waals surface area contributed by atoms with Gasteiger partial charge in [-0.25, -0.2) is 4.98 Å². The third-order valence-corrected chi connectivity index (χ3v) is 3.74. The van der Waals surface area contributed by atoms with Crippen molar-refractivity contribution in [2.45, 2.75) is 33.0 Å². The molecule has 0 bridgehead atoms. The van der Waals surface area contributed by atoms with Gasteiger partial charge in [0.2, 0.25) is 0 Å². The molecule has 0 atom stereocenters. The molecule has 0 fully saturated rings. The van der Waals surface area contributed by atoms with Gasteiger partial charge in [-0.2, -0.15) is 0 Å². The highest BCUT2D eigenvalue weighted by Crippen LogP contribution is 2.16. The third-order valence-electron chi connectivity index (χ3n) is 3.21. The second-order valence-electron chi connectivity index (χ2n) is 5.51. The van der Waals surface area contributed by atoms with Crippen molar-refractivity contribution in [3.63, 3.8) is 0 Å². The number of aromatic nitrogens is 1. The number of halogens is 1. The Morgan fingerprint density at radius 1 is 1.14 bits per heavy atom. The van der Waals surface area contributed by atoms with E-state index < -0.39 is 0 Å². The Bertz CT molecular complexity index is 567. The molecule has 3 nitrogen and oxygen atoms in total. The van der Waals surface area contributed by atoms with Crippen molar-refractivity contribution in [2.24, 2.45) is 0 Å². The SMILES string of the molecule is CC(C)NCc1cccc(N(C)Cc2ccc(Br)cc2)n1. The summed E-state index contributed by atoms with van der Waals surface area (Å²) in [5, 5.41) is 3.40. The average molecular weight is 348 g/mol. The second kappa shape index (κ2) is 7.57. The summed E-state index contributed by atoms with van der Waals surface area (Å²) in [4.78, 5) is 6.88. The molecule has 112 valence electrons. The zero-order chi connectivity index (χ0) is 15.2. The molecule has 0 spiro atoms. The van der Waals surface area contributed by atoms with Gasteiger partial charge in [-0.05, 0) is 29.8 Å². The number of nitrogens with zero attached hydrogens (tertiary/aromatic N) is 2. The van der Waals surface area contributed by atoms with Gasteiger partial charge in [-0.3, -0.25) is 0 Å². The molecule has 0 aliphatic rings. The summed E-state index contributed by atoms with van der Waals surface area (Å²) in [6.45, 7) is 5.94.